The number of nitrogens with zero attached hydrogens (tertiary/aromatic N) is 2. The Labute approximate surface area is 169 Å². The summed E-state index contributed by atoms with van der Waals surface area (Å²) in [5, 5.41) is 11.5. The van der Waals surface area contributed by atoms with E-state index in [9.17, 15) is 19.7 Å². The normalized spacial score (nSPS) is 17.0. The molecule has 1 N–H and O–H groups in total. The molecule has 0 saturated carbocycles. The molecule has 2 aromatic heterocycles. The lowest BCUT2D eigenvalue weighted by Gasteiger charge is -2.17. The Balaban J connectivity index is 1.61. The van der Waals surface area contributed by atoms with E-state index in [2.05, 4.69) is 16.9 Å². The van der Waals surface area contributed by atoms with Gasteiger partial charge in [-0.2, -0.15) is 0 Å². The van der Waals surface area contributed by atoms with Gasteiger partial charge in [0, 0.05) is 17.0 Å². The van der Waals surface area contributed by atoms with Gasteiger partial charge in [0.05, 0.1) is 15.9 Å². The van der Waals surface area contributed by atoms with Gasteiger partial charge in [-0.3, -0.25) is 14.9 Å². The fourth-order valence-electron chi connectivity index (χ4n) is 3.59. The van der Waals surface area contributed by atoms with Crippen molar-refractivity contribution in [3.05, 3.63) is 66.6 Å². The van der Waals surface area contributed by atoms with Crippen molar-refractivity contribution in [2.75, 3.05) is 0 Å². The standard InChI is InChI=1S/C20H19N3O5S/c1-10-6-7-14-15(8-10)29-19-16(14)18(24)21-17(22-19)11(2)28-20(25)12-4-3-5-13(9-12)23(26)27/h3-5,9-11H,6-8H2,1-2H3,(H,21,22,24)/t10-,11-/m1/s1. The van der Waals surface area contributed by atoms with Gasteiger partial charge in [-0.25, -0.2) is 9.78 Å². The molecule has 2 heterocycles. The highest BCUT2D eigenvalue weighted by Gasteiger charge is 2.25. The molecule has 1 aromatic carbocycles. The molecule has 0 aliphatic heterocycles. The number of thiophene rings is 1. The van der Waals surface area contributed by atoms with E-state index in [-0.39, 0.29) is 22.6 Å². The number of aryl methyl sites for hydroxylation is 1. The van der Waals surface area contributed by atoms with Gasteiger partial charge in [0.2, 0.25) is 0 Å². The fourth-order valence-corrected chi connectivity index (χ4v) is 4.98. The zero-order chi connectivity index (χ0) is 20.7. The summed E-state index contributed by atoms with van der Waals surface area (Å²) in [7, 11) is 0. The molecular formula is C20H19N3O5S. The van der Waals surface area contributed by atoms with Gasteiger partial charge in [-0.15, -0.1) is 11.3 Å². The van der Waals surface area contributed by atoms with Gasteiger partial charge in [-0.1, -0.05) is 13.0 Å². The zero-order valence-corrected chi connectivity index (χ0v) is 16.7. The Morgan fingerprint density at radius 2 is 2.24 bits per heavy atom. The summed E-state index contributed by atoms with van der Waals surface area (Å²) < 4.78 is 5.39. The van der Waals surface area contributed by atoms with Crippen LogP contribution >= 0.6 is 11.3 Å². The number of fused-ring (bicyclic) bond motifs is 3. The highest BCUT2D eigenvalue weighted by molar-refractivity contribution is 7.18. The SMILES string of the molecule is C[C@@H]1CCc2c(sc3nc([C@@H](C)OC(=O)c4cccc([N+](=O)[O-])c4)[nH]c(=O)c23)C1. The molecule has 2 atom stereocenters. The number of nitro benzene ring substituents is 1. The van der Waals surface area contributed by atoms with E-state index in [0.29, 0.717) is 16.1 Å². The van der Waals surface area contributed by atoms with Crippen LogP contribution < -0.4 is 5.56 Å². The monoisotopic (exact) mass is 413 g/mol. The van der Waals surface area contributed by atoms with Crippen molar-refractivity contribution < 1.29 is 14.5 Å². The first kappa shape index (κ1) is 19.3. The summed E-state index contributed by atoms with van der Waals surface area (Å²) in [5.41, 5.74) is 0.730. The molecule has 1 aliphatic carbocycles. The minimum atomic E-state index is -0.808. The molecule has 1 aliphatic rings. The summed E-state index contributed by atoms with van der Waals surface area (Å²) in [6, 6.07) is 5.31. The van der Waals surface area contributed by atoms with Crippen LogP contribution in [0.3, 0.4) is 0 Å². The maximum absolute atomic E-state index is 12.7. The van der Waals surface area contributed by atoms with Crippen LogP contribution in [0.2, 0.25) is 0 Å². The number of benzene rings is 1. The van der Waals surface area contributed by atoms with E-state index in [0.717, 1.165) is 30.9 Å². The van der Waals surface area contributed by atoms with Gasteiger partial charge in [0.25, 0.3) is 11.2 Å². The third kappa shape index (κ3) is 3.65. The summed E-state index contributed by atoms with van der Waals surface area (Å²) in [6.45, 7) is 3.81. The van der Waals surface area contributed by atoms with Crippen LogP contribution in [-0.2, 0) is 17.6 Å². The van der Waals surface area contributed by atoms with Crippen LogP contribution in [0, 0.1) is 16.0 Å². The number of carbonyl (C=O) groups is 1. The second-order valence-corrected chi connectivity index (χ2v) is 8.42. The highest BCUT2D eigenvalue weighted by Crippen LogP contribution is 2.36. The average Bonchev–Trinajstić information content (AvgIpc) is 3.05. The van der Waals surface area contributed by atoms with Crippen LogP contribution in [0.5, 0.6) is 0 Å². The van der Waals surface area contributed by atoms with E-state index < -0.39 is 17.0 Å². The van der Waals surface area contributed by atoms with Crippen molar-refractivity contribution in [1.82, 2.24) is 9.97 Å². The van der Waals surface area contributed by atoms with Gasteiger partial charge < -0.3 is 9.72 Å². The maximum atomic E-state index is 12.7. The molecular weight excluding hydrogens is 394 g/mol. The van der Waals surface area contributed by atoms with Crippen LogP contribution in [0.25, 0.3) is 10.2 Å². The van der Waals surface area contributed by atoms with Crippen LogP contribution in [-0.4, -0.2) is 20.9 Å². The molecule has 0 saturated heterocycles. The number of aromatic nitrogens is 2. The molecule has 0 spiro atoms. The van der Waals surface area contributed by atoms with Crippen molar-refractivity contribution >= 4 is 33.2 Å². The number of nitrogens with one attached hydrogen (secondary N) is 1. The number of nitro groups is 1. The predicted molar refractivity (Wildman–Crippen MR) is 108 cm³/mol. The predicted octanol–water partition coefficient (Wildman–Crippen LogP) is 3.94. The van der Waals surface area contributed by atoms with Gasteiger partial charge in [-0.05, 0) is 43.7 Å². The Morgan fingerprint density at radius 3 is 3.00 bits per heavy atom. The molecule has 9 heteroatoms. The number of aromatic amines is 1. The van der Waals surface area contributed by atoms with Crippen LogP contribution in [0.15, 0.2) is 29.1 Å². The first-order valence-corrected chi connectivity index (χ1v) is 10.1. The Morgan fingerprint density at radius 1 is 1.45 bits per heavy atom. The molecule has 0 radical (unpaired) electrons. The molecule has 4 rings (SSSR count). The summed E-state index contributed by atoms with van der Waals surface area (Å²) >= 11 is 1.52. The van der Waals surface area contributed by atoms with Gasteiger partial charge in [0.1, 0.15) is 4.83 Å². The van der Waals surface area contributed by atoms with Crippen molar-refractivity contribution in [1.29, 1.82) is 0 Å². The second-order valence-electron chi connectivity index (χ2n) is 7.34. The number of rotatable bonds is 4. The van der Waals surface area contributed by atoms with E-state index in [4.69, 9.17) is 4.74 Å². The van der Waals surface area contributed by atoms with E-state index in [1.54, 1.807) is 6.92 Å². The van der Waals surface area contributed by atoms with Crippen LogP contribution in [0.4, 0.5) is 5.69 Å². The number of hydrogen-bond acceptors (Lipinski definition) is 7. The summed E-state index contributed by atoms with van der Waals surface area (Å²) in [5.74, 6) is 0.125. The minimum Gasteiger partial charge on any atom is -0.451 e. The number of non-ortho nitro benzene ring substituents is 1. The third-order valence-electron chi connectivity index (χ3n) is 5.15. The molecule has 29 heavy (non-hydrogen) atoms. The molecule has 3 aromatic rings. The lowest BCUT2D eigenvalue weighted by atomic mass is 9.89. The first-order chi connectivity index (χ1) is 13.8. The number of ether oxygens (including phenoxy) is 1. The Bertz CT molecular complexity index is 1180. The topological polar surface area (TPSA) is 115 Å². The largest absolute Gasteiger partial charge is 0.451 e. The molecule has 0 unspecified atom stereocenters. The Kier molecular flexibility index (Phi) is 4.91. The first-order valence-electron chi connectivity index (χ1n) is 9.33. The van der Waals surface area contributed by atoms with Crippen molar-refractivity contribution in [3.8, 4) is 0 Å². The van der Waals surface area contributed by atoms with E-state index in [1.165, 1.54) is 34.4 Å². The fraction of sp³-hybridized carbons (Fsp3) is 0.350. The molecule has 0 bridgehead atoms. The number of hydrogen-bond donors (Lipinski definition) is 1. The zero-order valence-electron chi connectivity index (χ0n) is 15.9. The second kappa shape index (κ2) is 7.40. The third-order valence-corrected chi connectivity index (χ3v) is 6.29. The van der Waals surface area contributed by atoms with Gasteiger partial charge >= 0.3 is 5.97 Å². The molecule has 150 valence electrons. The quantitative estimate of drug-likeness (QED) is 0.394. The summed E-state index contributed by atoms with van der Waals surface area (Å²) in [4.78, 5) is 44.5. The van der Waals surface area contributed by atoms with Crippen molar-refractivity contribution in [3.63, 3.8) is 0 Å². The van der Waals surface area contributed by atoms with E-state index >= 15 is 0 Å². The van der Waals surface area contributed by atoms with Crippen molar-refractivity contribution in [2.45, 2.75) is 39.2 Å². The minimum absolute atomic E-state index is 0.0649. The molecule has 0 amide bonds. The lowest BCUT2D eigenvalue weighted by Crippen LogP contribution is -2.18. The number of carbonyl (C=O) groups excluding carboxylic acids is 1. The molecule has 0 fully saturated rings. The lowest BCUT2D eigenvalue weighted by molar-refractivity contribution is -0.384. The average molecular weight is 413 g/mol. The Hall–Kier alpha value is -3.07. The maximum Gasteiger partial charge on any atom is 0.339 e. The van der Waals surface area contributed by atoms with Gasteiger partial charge in [0.15, 0.2) is 11.9 Å². The highest BCUT2D eigenvalue weighted by atomic mass is 32.1. The van der Waals surface area contributed by atoms with Crippen LogP contribution in [0.1, 0.15) is 53.0 Å². The van der Waals surface area contributed by atoms with Crippen molar-refractivity contribution in [2.24, 2.45) is 5.92 Å². The number of esters is 1. The smallest absolute Gasteiger partial charge is 0.339 e. The van der Waals surface area contributed by atoms with E-state index in [1.807, 2.05) is 0 Å². The number of H-pyrrole nitrogens is 1. The summed E-state index contributed by atoms with van der Waals surface area (Å²) in [6.07, 6.45) is 2.06. The molecule has 8 nitrogen and oxygen atoms in total.